The Kier molecular flexibility index (Phi) is 2.22. The van der Waals surface area contributed by atoms with E-state index in [1.165, 1.54) is 0 Å². The molecule has 1 nitrogen and oxygen atoms in total. The van der Waals surface area contributed by atoms with Gasteiger partial charge < -0.3 is 0 Å². The summed E-state index contributed by atoms with van der Waals surface area (Å²) in [6.45, 7) is 8.66. The van der Waals surface area contributed by atoms with Gasteiger partial charge in [0.05, 0.1) is 0 Å². The molecule has 12 heavy (non-hydrogen) atoms. The second-order valence-electron chi connectivity index (χ2n) is 4.57. The molecule has 0 saturated heterocycles. The van der Waals surface area contributed by atoms with E-state index in [4.69, 9.17) is 0 Å². The zero-order valence-electron chi connectivity index (χ0n) is 8.33. The zero-order chi connectivity index (χ0) is 9.24. The Morgan fingerprint density at radius 3 is 2.08 bits per heavy atom. The van der Waals surface area contributed by atoms with Crippen molar-refractivity contribution in [1.29, 1.82) is 0 Å². The maximum atomic E-state index is 4.22. The minimum absolute atomic E-state index is 0.0853. The molecule has 0 spiro atoms. The Labute approximate surface area is 74.9 Å². The summed E-state index contributed by atoms with van der Waals surface area (Å²) < 4.78 is 0. The molecule has 0 aromatic carbocycles. The first-order valence-corrected chi connectivity index (χ1v) is 4.34. The molecule has 66 valence electrons. The maximum absolute atomic E-state index is 4.22. The Morgan fingerprint density at radius 1 is 0.833 bits per heavy atom. The maximum Gasteiger partial charge on any atom is 0.0232 e. The average Bonchev–Trinajstić information content (AvgIpc) is 1.94. The van der Waals surface area contributed by atoms with E-state index in [0.29, 0.717) is 0 Å². The van der Waals surface area contributed by atoms with Crippen molar-refractivity contribution in [2.45, 2.75) is 27.7 Å². The first kappa shape index (κ1) is 9.24. The van der Waals surface area contributed by atoms with Gasteiger partial charge >= 0.3 is 0 Å². The molecule has 0 aromatic heterocycles. The molecule has 0 radical (unpaired) electrons. The molecule has 1 heteroatoms. The van der Waals surface area contributed by atoms with Gasteiger partial charge in [-0.2, -0.15) is 0 Å². The molecule has 1 aliphatic rings. The second kappa shape index (κ2) is 2.89. The predicted octanol–water partition coefficient (Wildman–Crippen LogP) is 3.19. The fourth-order valence-electron chi connectivity index (χ4n) is 0.998. The largest absolute Gasteiger partial charge is 0.268 e. The van der Waals surface area contributed by atoms with E-state index in [-0.39, 0.29) is 10.8 Å². The van der Waals surface area contributed by atoms with E-state index in [2.05, 4.69) is 50.9 Å². The molecular weight excluding hydrogens is 146 g/mol. The van der Waals surface area contributed by atoms with Crippen LogP contribution in [0.1, 0.15) is 27.7 Å². The molecule has 0 atom stereocenters. The molecule has 1 heterocycles. The van der Waals surface area contributed by atoms with Crippen LogP contribution >= 0.6 is 0 Å². The lowest BCUT2D eigenvalue weighted by atomic mass is 9.86. The van der Waals surface area contributed by atoms with Crippen LogP contribution < -0.4 is 0 Å². The Morgan fingerprint density at radius 2 is 1.42 bits per heavy atom. The smallest absolute Gasteiger partial charge is 0.0232 e. The van der Waals surface area contributed by atoms with Crippen LogP contribution in [0.4, 0.5) is 0 Å². The highest BCUT2D eigenvalue weighted by atomic mass is 14.7. The van der Waals surface area contributed by atoms with Crippen molar-refractivity contribution in [1.82, 2.24) is 0 Å². The van der Waals surface area contributed by atoms with Crippen molar-refractivity contribution < 1.29 is 0 Å². The van der Waals surface area contributed by atoms with Crippen LogP contribution in [0, 0.1) is 10.8 Å². The van der Waals surface area contributed by atoms with E-state index < -0.39 is 0 Å². The topological polar surface area (TPSA) is 12.4 Å². The molecule has 0 aliphatic carbocycles. The van der Waals surface area contributed by atoms with Crippen LogP contribution in [0.2, 0.25) is 0 Å². The van der Waals surface area contributed by atoms with Crippen LogP contribution in [-0.2, 0) is 0 Å². The monoisotopic (exact) mass is 163 g/mol. The molecule has 0 saturated carbocycles. The summed E-state index contributed by atoms with van der Waals surface area (Å²) in [7, 11) is 0. The van der Waals surface area contributed by atoms with Crippen molar-refractivity contribution in [2.75, 3.05) is 0 Å². The first-order chi connectivity index (χ1) is 5.41. The fourth-order valence-corrected chi connectivity index (χ4v) is 0.998. The van der Waals surface area contributed by atoms with Gasteiger partial charge in [0, 0.05) is 23.2 Å². The van der Waals surface area contributed by atoms with Gasteiger partial charge in [0.15, 0.2) is 0 Å². The third-order valence-electron chi connectivity index (χ3n) is 1.94. The normalized spacial score (nSPS) is 33.0. The molecule has 0 unspecified atom stereocenters. The Balaban J connectivity index is 2.97. The quantitative estimate of drug-likeness (QED) is 0.486. The first-order valence-electron chi connectivity index (χ1n) is 4.34. The minimum Gasteiger partial charge on any atom is -0.268 e. The van der Waals surface area contributed by atoms with Gasteiger partial charge in [0.25, 0.3) is 0 Å². The molecule has 1 aliphatic heterocycles. The highest BCUT2D eigenvalue weighted by Gasteiger charge is 2.15. The van der Waals surface area contributed by atoms with Gasteiger partial charge in [-0.1, -0.05) is 45.9 Å². The predicted molar refractivity (Wildman–Crippen MR) is 54.3 cm³/mol. The lowest BCUT2D eigenvalue weighted by molar-refractivity contribution is 0.597. The molecule has 0 aromatic rings. The number of allylic oxidation sites excluding steroid dienone is 3. The van der Waals surface area contributed by atoms with E-state index in [9.17, 15) is 0 Å². The van der Waals surface area contributed by atoms with Crippen molar-refractivity contribution in [3.8, 4) is 0 Å². The molecular formula is C11H17N. The van der Waals surface area contributed by atoms with E-state index in [1.54, 1.807) is 0 Å². The summed E-state index contributed by atoms with van der Waals surface area (Å²) in [6, 6.07) is 0. The second-order valence-corrected chi connectivity index (χ2v) is 4.57. The van der Waals surface area contributed by atoms with Gasteiger partial charge in [0.1, 0.15) is 0 Å². The van der Waals surface area contributed by atoms with Gasteiger partial charge in [-0.3, -0.25) is 4.99 Å². The highest BCUT2D eigenvalue weighted by molar-refractivity contribution is 5.68. The number of hydrogen-bond donors (Lipinski definition) is 0. The molecule has 0 bridgehead atoms. The number of aliphatic imine (C=N–C) groups is 1. The van der Waals surface area contributed by atoms with Gasteiger partial charge in [-0.25, -0.2) is 0 Å². The molecule has 1 rings (SSSR count). The van der Waals surface area contributed by atoms with E-state index >= 15 is 0 Å². The van der Waals surface area contributed by atoms with E-state index in [0.717, 1.165) is 0 Å². The van der Waals surface area contributed by atoms with Crippen LogP contribution in [-0.4, -0.2) is 6.21 Å². The van der Waals surface area contributed by atoms with Crippen LogP contribution in [0.3, 0.4) is 0 Å². The SMILES string of the molecule is CC1(C)/C=C\N=C/C(C)(C)/C=C\1. The number of hydrogen-bond acceptors (Lipinski definition) is 1. The number of rotatable bonds is 0. The summed E-state index contributed by atoms with van der Waals surface area (Å²) in [5.74, 6) is 0. The minimum atomic E-state index is 0.0853. The van der Waals surface area contributed by atoms with Gasteiger partial charge in [0.2, 0.25) is 0 Å². The van der Waals surface area contributed by atoms with Crippen molar-refractivity contribution in [2.24, 2.45) is 15.8 Å². The molecule has 0 fully saturated rings. The summed E-state index contributed by atoms with van der Waals surface area (Å²) in [4.78, 5) is 4.22. The molecule has 0 amide bonds. The third-order valence-corrected chi connectivity index (χ3v) is 1.94. The average molecular weight is 163 g/mol. The van der Waals surface area contributed by atoms with Crippen LogP contribution in [0.5, 0.6) is 0 Å². The number of nitrogens with zero attached hydrogens (tertiary/aromatic N) is 1. The standard InChI is InChI=1S/C11H17N/c1-10(2)5-6-11(3,4)9-12-8-7-10/h5-9H,1-4H3/b6-5-,8-7-,12-9-. The summed E-state index contributed by atoms with van der Waals surface area (Å²) in [6.07, 6.45) is 10.4. The van der Waals surface area contributed by atoms with Crippen molar-refractivity contribution >= 4 is 6.21 Å². The third kappa shape index (κ3) is 2.65. The van der Waals surface area contributed by atoms with E-state index in [1.807, 2.05) is 12.4 Å². The lowest BCUT2D eigenvalue weighted by Gasteiger charge is -2.20. The zero-order valence-corrected chi connectivity index (χ0v) is 8.33. The Hall–Kier alpha value is -0.850. The summed E-state index contributed by atoms with van der Waals surface area (Å²) in [5, 5.41) is 0. The van der Waals surface area contributed by atoms with Gasteiger partial charge in [-0.15, -0.1) is 0 Å². The molecule has 0 N–H and O–H groups in total. The highest BCUT2D eigenvalue weighted by Crippen LogP contribution is 2.25. The lowest BCUT2D eigenvalue weighted by Crippen LogP contribution is -2.13. The Bertz CT molecular complexity index is 216. The van der Waals surface area contributed by atoms with Crippen molar-refractivity contribution in [3.63, 3.8) is 0 Å². The summed E-state index contributed by atoms with van der Waals surface area (Å²) >= 11 is 0. The van der Waals surface area contributed by atoms with Gasteiger partial charge in [-0.05, 0) is 0 Å². The van der Waals surface area contributed by atoms with Crippen molar-refractivity contribution in [3.05, 3.63) is 24.4 Å². The van der Waals surface area contributed by atoms with Crippen LogP contribution in [0.15, 0.2) is 29.4 Å². The van der Waals surface area contributed by atoms with Crippen LogP contribution in [0.25, 0.3) is 0 Å². The fraction of sp³-hybridized carbons (Fsp3) is 0.545. The summed E-state index contributed by atoms with van der Waals surface area (Å²) in [5.41, 5.74) is 0.219.